The van der Waals surface area contributed by atoms with E-state index in [1.165, 1.54) is 6.42 Å². The van der Waals surface area contributed by atoms with Gasteiger partial charge in [-0.3, -0.25) is 4.79 Å². The standard InChI is InChI=1S/C15H29NO2/c1-12(2)7-5-6-8-14(18)16-11-13(17)9-10-15(16,3)4/h12-13,17H,5-11H2,1-4H3. The van der Waals surface area contributed by atoms with Crippen molar-refractivity contribution in [3.63, 3.8) is 0 Å². The molecule has 1 fully saturated rings. The van der Waals surface area contributed by atoms with Crippen molar-refractivity contribution in [1.29, 1.82) is 0 Å². The fourth-order valence-electron chi connectivity index (χ4n) is 2.61. The first-order chi connectivity index (χ1) is 8.33. The molecule has 1 atom stereocenters. The third-order valence-electron chi connectivity index (χ3n) is 3.94. The van der Waals surface area contributed by atoms with Crippen molar-refractivity contribution >= 4 is 5.91 Å². The van der Waals surface area contributed by atoms with Crippen molar-refractivity contribution in [1.82, 2.24) is 4.90 Å². The molecule has 18 heavy (non-hydrogen) atoms. The van der Waals surface area contributed by atoms with E-state index in [-0.39, 0.29) is 17.6 Å². The SMILES string of the molecule is CC(C)CCCCC(=O)N1CC(O)CCC1(C)C. The summed E-state index contributed by atoms with van der Waals surface area (Å²) >= 11 is 0. The Balaban J connectivity index is 2.39. The van der Waals surface area contributed by atoms with Crippen LogP contribution in [0, 0.1) is 5.92 Å². The molecule has 0 spiro atoms. The maximum Gasteiger partial charge on any atom is 0.223 e. The predicted octanol–water partition coefficient (Wildman–Crippen LogP) is 2.96. The Kier molecular flexibility index (Phi) is 5.64. The van der Waals surface area contributed by atoms with E-state index in [2.05, 4.69) is 27.7 Å². The largest absolute Gasteiger partial charge is 0.391 e. The second-order valence-corrected chi connectivity index (χ2v) is 6.65. The average Bonchev–Trinajstić information content (AvgIpc) is 2.27. The predicted molar refractivity (Wildman–Crippen MR) is 74.3 cm³/mol. The summed E-state index contributed by atoms with van der Waals surface area (Å²) in [5.41, 5.74) is -0.0889. The first-order valence-corrected chi connectivity index (χ1v) is 7.31. The number of rotatable bonds is 5. The minimum absolute atomic E-state index is 0.0889. The smallest absolute Gasteiger partial charge is 0.223 e. The summed E-state index contributed by atoms with van der Waals surface area (Å²) in [5.74, 6) is 0.927. The lowest BCUT2D eigenvalue weighted by atomic mass is 9.88. The van der Waals surface area contributed by atoms with Gasteiger partial charge in [0.05, 0.1) is 6.10 Å². The molecule has 3 nitrogen and oxygen atoms in total. The minimum atomic E-state index is -0.336. The molecule has 1 rings (SSSR count). The van der Waals surface area contributed by atoms with Crippen LogP contribution in [0.15, 0.2) is 0 Å². The van der Waals surface area contributed by atoms with Crippen LogP contribution in [0.1, 0.15) is 66.2 Å². The minimum Gasteiger partial charge on any atom is -0.391 e. The van der Waals surface area contributed by atoms with Crippen molar-refractivity contribution in [3.05, 3.63) is 0 Å². The zero-order chi connectivity index (χ0) is 13.8. The Morgan fingerprint density at radius 2 is 2.06 bits per heavy atom. The highest BCUT2D eigenvalue weighted by Crippen LogP contribution is 2.28. The topological polar surface area (TPSA) is 40.5 Å². The van der Waals surface area contributed by atoms with Crippen LogP contribution in [0.3, 0.4) is 0 Å². The second kappa shape index (κ2) is 6.55. The Hall–Kier alpha value is -0.570. The molecular weight excluding hydrogens is 226 g/mol. The van der Waals surface area contributed by atoms with Gasteiger partial charge in [0.25, 0.3) is 0 Å². The number of amides is 1. The van der Waals surface area contributed by atoms with Crippen molar-refractivity contribution in [2.24, 2.45) is 5.92 Å². The van der Waals surface area contributed by atoms with E-state index in [0.717, 1.165) is 25.7 Å². The summed E-state index contributed by atoms with van der Waals surface area (Å²) in [5, 5.41) is 9.71. The number of piperidine rings is 1. The van der Waals surface area contributed by atoms with Crippen LogP contribution in [0.4, 0.5) is 0 Å². The number of nitrogens with zero attached hydrogens (tertiary/aromatic N) is 1. The van der Waals surface area contributed by atoms with E-state index in [0.29, 0.717) is 18.9 Å². The molecule has 0 bridgehead atoms. The molecule has 0 saturated carbocycles. The number of β-amino-alcohol motifs (C(OH)–C–C–N with tert-alkyl or cyclic N) is 1. The Bertz CT molecular complexity index is 274. The van der Waals surface area contributed by atoms with E-state index in [1.807, 2.05) is 4.90 Å². The first kappa shape index (κ1) is 15.5. The van der Waals surface area contributed by atoms with Gasteiger partial charge in [-0.05, 0) is 39.0 Å². The van der Waals surface area contributed by atoms with Gasteiger partial charge in [0.15, 0.2) is 0 Å². The lowest BCUT2D eigenvalue weighted by Crippen LogP contribution is -2.54. The maximum absolute atomic E-state index is 12.2. The molecule has 3 heteroatoms. The Morgan fingerprint density at radius 1 is 1.39 bits per heavy atom. The van der Waals surface area contributed by atoms with Gasteiger partial charge in [-0.15, -0.1) is 0 Å². The first-order valence-electron chi connectivity index (χ1n) is 7.31. The fraction of sp³-hybridized carbons (Fsp3) is 0.933. The number of carbonyl (C=O) groups is 1. The van der Waals surface area contributed by atoms with Crippen LogP contribution >= 0.6 is 0 Å². The van der Waals surface area contributed by atoms with E-state index in [1.54, 1.807) is 0 Å². The summed E-state index contributed by atoms with van der Waals surface area (Å²) in [4.78, 5) is 14.1. The third-order valence-corrected chi connectivity index (χ3v) is 3.94. The van der Waals surface area contributed by atoms with Crippen LogP contribution in [0.25, 0.3) is 0 Å². The summed E-state index contributed by atoms with van der Waals surface area (Å²) in [6.45, 7) is 9.14. The van der Waals surface area contributed by atoms with Crippen molar-refractivity contribution in [2.45, 2.75) is 77.9 Å². The normalized spacial score (nSPS) is 23.4. The Labute approximate surface area is 112 Å². The summed E-state index contributed by atoms with van der Waals surface area (Å²) < 4.78 is 0. The lowest BCUT2D eigenvalue weighted by molar-refractivity contribution is -0.142. The molecule has 0 aromatic carbocycles. The number of unbranched alkanes of at least 4 members (excludes halogenated alkanes) is 1. The lowest BCUT2D eigenvalue weighted by Gasteiger charge is -2.44. The number of aliphatic hydroxyl groups is 1. The molecular formula is C15H29NO2. The molecule has 0 aromatic heterocycles. The van der Waals surface area contributed by atoms with Gasteiger partial charge in [-0.2, -0.15) is 0 Å². The van der Waals surface area contributed by atoms with E-state index >= 15 is 0 Å². The van der Waals surface area contributed by atoms with Crippen LogP contribution in [-0.2, 0) is 4.79 Å². The molecule has 0 aromatic rings. The van der Waals surface area contributed by atoms with E-state index < -0.39 is 0 Å². The molecule has 1 N–H and O–H groups in total. The molecule has 1 aliphatic rings. The molecule has 106 valence electrons. The molecule has 0 aliphatic carbocycles. The number of carbonyl (C=O) groups excluding carboxylic acids is 1. The molecule has 1 aliphatic heterocycles. The van der Waals surface area contributed by atoms with E-state index in [4.69, 9.17) is 0 Å². The van der Waals surface area contributed by atoms with Gasteiger partial charge in [-0.1, -0.05) is 26.7 Å². The van der Waals surface area contributed by atoms with Crippen LogP contribution in [0.5, 0.6) is 0 Å². The Morgan fingerprint density at radius 3 is 2.67 bits per heavy atom. The monoisotopic (exact) mass is 255 g/mol. The van der Waals surface area contributed by atoms with Crippen molar-refractivity contribution in [2.75, 3.05) is 6.54 Å². The van der Waals surface area contributed by atoms with Gasteiger partial charge in [0.2, 0.25) is 5.91 Å². The number of likely N-dealkylation sites (tertiary alicyclic amines) is 1. The second-order valence-electron chi connectivity index (χ2n) is 6.65. The van der Waals surface area contributed by atoms with Gasteiger partial charge < -0.3 is 10.0 Å². The van der Waals surface area contributed by atoms with Gasteiger partial charge in [0.1, 0.15) is 0 Å². The molecule has 1 unspecified atom stereocenters. The van der Waals surface area contributed by atoms with Crippen LogP contribution < -0.4 is 0 Å². The summed E-state index contributed by atoms with van der Waals surface area (Å²) in [7, 11) is 0. The third kappa shape index (κ3) is 4.60. The van der Waals surface area contributed by atoms with Crippen molar-refractivity contribution in [3.8, 4) is 0 Å². The average molecular weight is 255 g/mol. The molecule has 1 heterocycles. The maximum atomic E-state index is 12.2. The van der Waals surface area contributed by atoms with Gasteiger partial charge in [0, 0.05) is 18.5 Å². The highest BCUT2D eigenvalue weighted by molar-refractivity contribution is 5.77. The fourth-order valence-corrected chi connectivity index (χ4v) is 2.61. The highest BCUT2D eigenvalue weighted by atomic mass is 16.3. The highest BCUT2D eigenvalue weighted by Gasteiger charge is 2.36. The summed E-state index contributed by atoms with van der Waals surface area (Å²) in [6.07, 6.45) is 5.29. The molecule has 1 saturated heterocycles. The van der Waals surface area contributed by atoms with Gasteiger partial charge >= 0.3 is 0 Å². The van der Waals surface area contributed by atoms with E-state index in [9.17, 15) is 9.90 Å². The number of hydrogen-bond donors (Lipinski definition) is 1. The van der Waals surface area contributed by atoms with Crippen LogP contribution in [0.2, 0.25) is 0 Å². The number of hydrogen-bond acceptors (Lipinski definition) is 2. The van der Waals surface area contributed by atoms with Gasteiger partial charge in [-0.25, -0.2) is 0 Å². The van der Waals surface area contributed by atoms with Crippen molar-refractivity contribution < 1.29 is 9.90 Å². The zero-order valence-corrected chi connectivity index (χ0v) is 12.4. The summed E-state index contributed by atoms with van der Waals surface area (Å²) in [6, 6.07) is 0. The zero-order valence-electron chi connectivity index (χ0n) is 12.4. The number of aliphatic hydroxyl groups excluding tert-OH is 1. The molecule has 0 radical (unpaired) electrons. The molecule has 1 amide bonds. The van der Waals surface area contributed by atoms with Crippen LogP contribution in [-0.4, -0.2) is 34.1 Å². The quantitative estimate of drug-likeness (QED) is 0.767.